The molecule has 0 amide bonds. The molecule has 1 atom stereocenters. The van der Waals surface area contributed by atoms with Crippen molar-refractivity contribution in [3.63, 3.8) is 0 Å². The van der Waals surface area contributed by atoms with Crippen LogP contribution in [0.3, 0.4) is 0 Å². The van der Waals surface area contributed by atoms with Crippen molar-refractivity contribution in [2.45, 2.75) is 18.9 Å². The molecule has 0 saturated heterocycles. The average Bonchev–Trinajstić information content (AvgIpc) is 3.05. The summed E-state index contributed by atoms with van der Waals surface area (Å²) >= 11 is 0. The van der Waals surface area contributed by atoms with E-state index in [1.165, 1.54) is 12.1 Å². The topological polar surface area (TPSA) is 98.8 Å². The maximum atomic E-state index is 10.9. The monoisotopic (exact) mass is 357 g/mol. The molecule has 1 unspecified atom stereocenters. The summed E-state index contributed by atoms with van der Waals surface area (Å²) in [5.41, 5.74) is 2.36. The van der Waals surface area contributed by atoms with E-state index < -0.39 is 4.92 Å². The molecule has 0 radical (unpaired) electrons. The van der Waals surface area contributed by atoms with E-state index in [0.29, 0.717) is 18.9 Å². The zero-order chi connectivity index (χ0) is 18.7. The van der Waals surface area contributed by atoms with Crippen molar-refractivity contribution in [1.29, 1.82) is 0 Å². The Balaban J connectivity index is 1.50. The summed E-state index contributed by atoms with van der Waals surface area (Å²) in [5.74, 6) is 0.592. The number of nitro groups is 2. The molecular formula is C18H19N3O5. The van der Waals surface area contributed by atoms with Crippen molar-refractivity contribution in [1.82, 2.24) is 4.90 Å². The first-order chi connectivity index (χ1) is 12.4. The van der Waals surface area contributed by atoms with Crippen LogP contribution >= 0.6 is 0 Å². The predicted molar refractivity (Wildman–Crippen MR) is 95.5 cm³/mol. The molecule has 0 spiro atoms. The Morgan fingerprint density at radius 3 is 2.27 bits per heavy atom. The Hall–Kier alpha value is -3.00. The van der Waals surface area contributed by atoms with Gasteiger partial charge in [0.25, 0.3) is 11.4 Å². The van der Waals surface area contributed by atoms with Gasteiger partial charge in [-0.05, 0) is 43.1 Å². The fourth-order valence-corrected chi connectivity index (χ4v) is 3.16. The lowest BCUT2D eigenvalue weighted by atomic mass is 10.1. The largest absolute Gasteiger partial charge is 0.492 e. The van der Waals surface area contributed by atoms with Crippen LogP contribution in [0.1, 0.15) is 11.1 Å². The van der Waals surface area contributed by atoms with Crippen molar-refractivity contribution < 1.29 is 14.6 Å². The third-order valence-corrected chi connectivity index (χ3v) is 4.70. The SMILES string of the molecule is CN(CCOc1ccc([N+](=O)[O-])cc1)C1Cc2ccc([N+](=O)[O-])cc2C1. The maximum Gasteiger partial charge on any atom is 0.269 e. The van der Waals surface area contributed by atoms with E-state index in [4.69, 9.17) is 4.74 Å². The number of nitro benzene ring substituents is 2. The smallest absolute Gasteiger partial charge is 0.269 e. The molecule has 0 aliphatic heterocycles. The Kier molecular flexibility index (Phi) is 5.13. The summed E-state index contributed by atoms with van der Waals surface area (Å²) < 4.78 is 5.65. The molecule has 1 aliphatic carbocycles. The number of hydrogen-bond donors (Lipinski definition) is 0. The van der Waals surface area contributed by atoms with Gasteiger partial charge in [-0.1, -0.05) is 6.07 Å². The maximum absolute atomic E-state index is 10.9. The van der Waals surface area contributed by atoms with Gasteiger partial charge in [-0.2, -0.15) is 0 Å². The highest BCUT2D eigenvalue weighted by Gasteiger charge is 2.26. The van der Waals surface area contributed by atoms with Gasteiger partial charge in [0.2, 0.25) is 0 Å². The van der Waals surface area contributed by atoms with Gasteiger partial charge < -0.3 is 4.74 Å². The minimum atomic E-state index is -0.445. The summed E-state index contributed by atoms with van der Waals surface area (Å²) in [7, 11) is 2.00. The standard InChI is InChI=1S/C18H19N3O5/c1-19(8-9-26-18-6-4-15(5-7-18)20(22)23)17-10-13-2-3-16(21(24)25)11-14(13)12-17/h2-7,11,17H,8-10,12H2,1H3. The third kappa shape index (κ3) is 3.97. The van der Waals surface area contributed by atoms with Crippen molar-refractivity contribution in [3.05, 3.63) is 73.8 Å². The zero-order valence-electron chi connectivity index (χ0n) is 14.3. The Bertz CT molecular complexity index is 822. The van der Waals surface area contributed by atoms with Crippen molar-refractivity contribution in [2.75, 3.05) is 20.2 Å². The second-order valence-electron chi connectivity index (χ2n) is 6.35. The van der Waals surface area contributed by atoms with Gasteiger partial charge >= 0.3 is 0 Å². The summed E-state index contributed by atoms with van der Waals surface area (Å²) in [4.78, 5) is 22.9. The van der Waals surface area contributed by atoms with Crippen LogP contribution < -0.4 is 4.74 Å². The van der Waals surface area contributed by atoms with E-state index in [1.54, 1.807) is 24.3 Å². The fourth-order valence-electron chi connectivity index (χ4n) is 3.16. The molecule has 8 heteroatoms. The molecule has 0 saturated carbocycles. The van der Waals surface area contributed by atoms with Gasteiger partial charge in [-0.15, -0.1) is 0 Å². The van der Waals surface area contributed by atoms with Gasteiger partial charge in [0.15, 0.2) is 0 Å². The number of rotatable bonds is 7. The van der Waals surface area contributed by atoms with Crippen molar-refractivity contribution in [2.24, 2.45) is 0 Å². The molecule has 136 valence electrons. The van der Waals surface area contributed by atoms with E-state index in [1.807, 2.05) is 13.1 Å². The first-order valence-corrected chi connectivity index (χ1v) is 8.27. The normalized spacial score (nSPS) is 15.7. The molecule has 26 heavy (non-hydrogen) atoms. The number of ether oxygens (including phenoxy) is 1. The lowest BCUT2D eigenvalue weighted by Gasteiger charge is -2.23. The van der Waals surface area contributed by atoms with Crippen LogP contribution in [-0.2, 0) is 12.8 Å². The quantitative estimate of drug-likeness (QED) is 0.558. The summed E-state index contributed by atoms with van der Waals surface area (Å²) in [6, 6.07) is 11.3. The summed E-state index contributed by atoms with van der Waals surface area (Å²) in [6.07, 6.45) is 1.65. The molecule has 3 rings (SSSR count). The molecule has 8 nitrogen and oxygen atoms in total. The van der Waals surface area contributed by atoms with E-state index in [-0.39, 0.29) is 22.3 Å². The molecule has 0 bridgehead atoms. The van der Waals surface area contributed by atoms with Gasteiger partial charge in [0.1, 0.15) is 12.4 Å². The van der Waals surface area contributed by atoms with Crippen LogP contribution in [0.25, 0.3) is 0 Å². The first kappa shape index (κ1) is 17.8. The van der Waals surface area contributed by atoms with E-state index in [0.717, 1.165) is 24.0 Å². The molecule has 0 N–H and O–H groups in total. The van der Waals surface area contributed by atoms with Crippen LogP contribution in [0.4, 0.5) is 11.4 Å². The van der Waals surface area contributed by atoms with Gasteiger partial charge in [0.05, 0.1) is 9.85 Å². The second kappa shape index (κ2) is 7.49. The van der Waals surface area contributed by atoms with Crippen molar-refractivity contribution >= 4 is 11.4 Å². The second-order valence-corrected chi connectivity index (χ2v) is 6.35. The van der Waals surface area contributed by atoms with Crippen LogP contribution in [-0.4, -0.2) is 41.0 Å². The molecule has 0 fully saturated rings. The van der Waals surface area contributed by atoms with E-state index >= 15 is 0 Å². The molecule has 2 aromatic carbocycles. The lowest BCUT2D eigenvalue weighted by Crippen LogP contribution is -2.35. The fraction of sp³-hybridized carbons (Fsp3) is 0.333. The predicted octanol–water partition coefficient (Wildman–Crippen LogP) is 2.98. The number of fused-ring (bicyclic) bond motifs is 1. The van der Waals surface area contributed by atoms with Gasteiger partial charge in [-0.3, -0.25) is 25.1 Å². The number of hydrogen-bond acceptors (Lipinski definition) is 6. The molecule has 0 aromatic heterocycles. The highest BCUT2D eigenvalue weighted by molar-refractivity contribution is 5.43. The molecular weight excluding hydrogens is 338 g/mol. The molecule has 0 heterocycles. The minimum absolute atomic E-state index is 0.0345. The van der Waals surface area contributed by atoms with Gasteiger partial charge in [-0.25, -0.2) is 0 Å². The van der Waals surface area contributed by atoms with E-state index in [9.17, 15) is 20.2 Å². The number of nitrogens with zero attached hydrogens (tertiary/aromatic N) is 3. The molecule has 2 aromatic rings. The van der Waals surface area contributed by atoms with Crippen LogP contribution in [0.5, 0.6) is 5.75 Å². The number of likely N-dealkylation sites (N-methyl/N-ethyl adjacent to an activating group) is 1. The van der Waals surface area contributed by atoms with Crippen LogP contribution in [0.2, 0.25) is 0 Å². The number of non-ortho nitro benzene ring substituents is 2. The van der Waals surface area contributed by atoms with E-state index in [2.05, 4.69) is 4.90 Å². The Labute approximate surface area is 150 Å². The summed E-state index contributed by atoms with van der Waals surface area (Å²) in [5, 5.41) is 21.5. The first-order valence-electron chi connectivity index (χ1n) is 8.27. The number of benzene rings is 2. The minimum Gasteiger partial charge on any atom is -0.492 e. The molecule has 1 aliphatic rings. The summed E-state index contributed by atoms with van der Waals surface area (Å²) in [6.45, 7) is 1.15. The van der Waals surface area contributed by atoms with Crippen molar-refractivity contribution in [3.8, 4) is 5.75 Å². The lowest BCUT2D eigenvalue weighted by molar-refractivity contribution is -0.385. The highest BCUT2D eigenvalue weighted by atomic mass is 16.6. The Morgan fingerprint density at radius 1 is 1.00 bits per heavy atom. The highest BCUT2D eigenvalue weighted by Crippen LogP contribution is 2.28. The van der Waals surface area contributed by atoms with Crippen LogP contribution in [0, 0.1) is 20.2 Å². The average molecular weight is 357 g/mol. The Morgan fingerprint density at radius 2 is 1.62 bits per heavy atom. The third-order valence-electron chi connectivity index (χ3n) is 4.70. The van der Waals surface area contributed by atoms with Crippen LogP contribution in [0.15, 0.2) is 42.5 Å². The zero-order valence-corrected chi connectivity index (χ0v) is 14.3. The van der Waals surface area contributed by atoms with Gasteiger partial charge in [0, 0.05) is 36.9 Å².